The summed E-state index contributed by atoms with van der Waals surface area (Å²) in [5, 5.41) is 8.98. The van der Waals surface area contributed by atoms with E-state index < -0.39 is 12.5 Å². The van der Waals surface area contributed by atoms with E-state index in [1.165, 1.54) is 7.11 Å². The van der Waals surface area contributed by atoms with Crippen molar-refractivity contribution >= 4 is 17.1 Å². The maximum absolute atomic E-state index is 8.98. The molecule has 2 atom stereocenters. The quantitative estimate of drug-likeness (QED) is 0.748. The molecule has 2 aromatic heterocycles. The van der Waals surface area contributed by atoms with Gasteiger partial charge < -0.3 is 25.1 Å². The van der Waals surface area contributed by atoms with Gasteiger partial charge >= 0.3 is 0 Å². The van der Waals surface area contributed by atoms with Crippen LogP contribution in [0.1, 0.15) is 6.23 Å². The number of aliphatic hydroxyl groups is 1. The van der Waals surface area contributed by atoms with E-state index in [2.05, 4.69) is 15.0 Å². The van der Waals surface area contributed by atoms with Crippen LogP contribution in [0.5, 0.6) is 5.88 Å². The zero-order valence-corrected chi connectivity index (χ0v) is 10.2. The van der Waals surface area contributed by atoms with Crippen LogP contribution in [0.4, 0.5) is 5.95 Å². The molecule has 9 nitrogen and oxygen atoms in total. The highest BCUT2D eigenvalue weighted by Crippen LogP contribution is 2.27. The van der Waals surface area contributed by atoms with Gasteiger partial charge in [0.2, 0.25) is 11.8 Å². The Kier molecular flexibility index (Phi) is 2.93. The van der Waals surface area contributed by atoms with Crippen molar-refractivity contribution in [1.82, 2.24) is 19.5 Å². The third-order valence-electron chi connectivity index (χ3n) is 2.79. The molecule has 3 rings (SSSR count). The lowest BCUT2D eigenvalue weighted by molar-refractivity contribution is -0.0980. The van der Waals surface area contributed by atoms with Crippen molar-refractivity contribution in [3.8, 4) is 5.88 Å². The molecule has 0 unspecified atom stereocenters. The Bertz CT molecular complexity index is 601. The van der Waals surface area contributed by atoms with E-state index in [0.29, 0.717) is 23.7 Å². The summed E-state index contributed by atoms with van der Waals surface area (Å²) in [6.07, 6.45) is 0.499. The van der Waals surface area contributed by atoms with E-state index in [1.54, 1.807) is 10.9 Å². The van der Waals surface area contributed by atoms with Gasteiger partial charge in [-0.2, -0.15) is 9.97 Å². The molecule has 0 bridgehead atoms. The Labute approximate surface area is 107 Å². The molecular formula is C10H13N5O4. The van der Waals surface area contributed by atoms with E-state index >= 15 is 0 Å². The summed E-state index contributed by atoms with van der Waals surface area (Å²) in [4.78, 5) is 12.3. The molecule has 0 amide bonds. The molecule has 102 valence electrons. The standard InChI is InChI=1S/C10H13N5O4/c1-17-9-7-8(13-10(11)14-9)15(4-12-7)5-3-18-6(2-16)19-5/h4-6,16H,2-3H2,1H3,(H2,11,13,14)/t5-,6-/m1/s1. The predicted molar refractivity (Wildman–Crippen MR) is 63.2 cm³/mol. The summed E-state index contributed by atoms with van der Waals surface area (Å²) in [5.74, 6) is 0.391. The zero-order valence-electron chi connectivity index (χ0n) is 10.2. The van der Waals surface area contributed by atoms with Crippen molar-refractivity contribution in [2.45, 2.75) is 12.5 Å². The van der Waals surface area contributed by atoms with Crippen molar-refractivity contribution in [2.75, 3.05) is 26.1 Å². The monoisotopic (exact) mass is 267 g/mol. The van der Waals surface area contributed by atoms with E-state index in [1.807, 2.05) is 0 Å². The molecule has 1 aliphatic heterocycles. The molecule has 3 N–H and O–H groups in total. The first-order valence-electron chi connectivity index (χ1n) is 5.65. The molecule has 1 fully saturated rings. The molecule has 2 aromatic rings. The van der Waals surface area contributed by atoms with Gasteiger partial charge in [0.15, 0.2) is 23.7 Å². The fraction of sp³-hybridized carbons (Fsp3) is 0.500. The summed E-state index contributed by atoms with van der Waals surface area (Å²) >= 11 is 0. The van der Waals surface area contributed by atoms with E-state index in [9.17, 15) is 0 Å². The van der Waals surface area contributed by atoms with Gasteiger partial charge in [0.05, 0.1) is 26.7 Å². The second-order valence-electron chi connectivity index (χ2n) is 3.95. The summed E-state index contributed by atoms with van der Waals surface area (Å²) in [7, 11) is 1.48. The first-order chi connectivity index (χ1) is 9.22. The molecule has 0 saturated carbocycles. The fourth-order valence-electron chi connectivity index (χ4n) is 1.94. The number of ether oxygens (including phenoxy) is 3. The van der Waals surface area contributed by atoms with Crippen LogP contribution < -0.4 is 10.5 Å². The number of imidazole rings is 1. The van der Waals surface area contributed by atoms with Crippen LogP contribution in [0.3, 0.4) is 0 Å². The van der Waals surface area contributed by atoms with Gasteiger partial charge in [0.25, 0.3) is 0 Å². The lowest BCUT2D eigenvalue weighted by atomic mass is 10.5. The number of nitrogens with zero attached hydrogens (tertiary/aromatic N) is 4. The topological polar surface area (TPSA) is 118 Å². The molecule has 9 heteroatoms. The summed E-state index contributed by atoms with van der Waals surface area (Å²) in [5.41, 5.74) is 6.62. The number of anilines is 1. The van der Waals surface area contributed by atoms with Gasteiger partial charge in [-0.15, -0.1) is 0 Å². The maximum Gasteiger partial charge on any atom is 0.246 e. The molecule has 19 heavy (non-hydrogen) atoms. The van der Waals surface area contributed by atoms with Gasteiger partial charge in [0, 0.05) is 0 Å². The van der Waals surface area contributed by atoms with Gasteiger partial charge in [-0.25, -0.2) is 4.98 Å². The highest BCUT2D eigenvalue weighted by Gasteiger charge is 2.28. The van der Waals surface area contributed by atoms with E-state index in [4.69, 9.17) is 25.1 Å². The minimum Gasteiger partial charge on any atom is -0.479 e. The second-order valence-corrected chi connectivity index (χ2v) is 3.95. The normalized spacial score (nSPS) is 23.1. The van der Waals surface area contributed by atoms with Crippen LogP contribution in [0, 0.1) is 0 Å². The van der Waals surface area contributed by atoms with Crippen LogP contribution >= 0.6 is 0 Å². The Morgan fingerprint density at radius 3 is 3.11 bits per heavy atom. The Hall–Kier alpha value is -1.97. The van der Waals surface area contributed by atoms with Crippen LogP contribution in [0.2, 0.25) is 0 Å². The number of fused-ring (bicyclic) bond motifs is 1. The highest BCUT2D eigenvalue weighted by atomic mass is 16.7. The summed E-state index contributed by atoms with van der Waals surface area (Å²) < 4.78 is 17.5. The Balaban J connectivity index is 2.03. The summed E-state index contributed by atoms with van der Waals surface area (Å²) in [6, 6.07) is 0. The number of rotatable bonds is 3. The lowest BCUT2D eigenvalue weighted by Crippen LogP contribution is -2.15. The van der Waals surface area contributed by atoms with Crippen molar-refractivity contribution in [3.05, 3.63) is 6.33 Å². The van der Waals surface area contributed by atoms with Gasteiger partial charge in [0.1, 0.15) is 0 Å². The van der Waals surface area contributed by atoms with Crippen molar-refractivity contribution in [3.63, 3.8) is 0 Å². The molecule has 1 aliphatic rings. The highest BCUT2D eigenvalue weighted by molar-refractivity contribution is 5.77. The third kappa shape index (κ3) is 1.97. The number of methoxy groups -OCH3 is 1. The summed E-state index contributed by atoms with van der Waals surface area (Å²) in [6.45, 7) is 0.0898. The van der Waals surface area contributed by atoms with Gasteiger partial charge in [-0.3, -0.25) is 4.57 Å². The number of aliphatic hydroxyl groups excluding tert-OH is 1. The molecule has 0 radical (unpaired) electrons. The number of hydrogen-bond acceptors (Lipinski definition) is 8. The van der Waals surface area contributed by atoms with Gasteiger partial charge in [-0.05, 0) is 0 Å². The zero-order chi connectivity index (χ0) is 13.4. The number of nitrogen functional groups attached to an aromatic ring is 1. The van der Waals surface area contributed by atoms with E-state index in [0.717, 1.165) is 0 Å². The third-order valence-corrected chi connectivity index (χ3v) is 2.79. The van der Waals surface area contributed by atoms with Crippen LogP contribution in [0.15, 0.2) is 6.33 Å². The molecule has 0 aromatic carbocycles. The Morgan fingerprint density at radius 2 is 2.42 bits per heavy atom. The number of nitrogens with two attached hydrogens (primary N) is 1. The number of hydrogen-bond donors (Lipinski definition) is 2. The van der Waals surface area contributed by atoms with Crippen LogP contribution in [-0.2, 0) is 9.47 Å². The van der Waals surface area contributed by atoms with Crippen LogP contribution in [-0.4, -0.2) is 51.2 Å². The van der Waals surface area contributed by atoms with E-state index in [-0.39, 0.29) is 12.6 Å². The second kappa shape index (κ2) is 4.61. The number of aromatic nitrogens is 4. The van der Waals surface area contributed by atoms with Crippen LogP contribution in [0.25, 0.3) is 11.2 Å². The molecule has 1 saturated heterocycles. The molecule has 0 aliphatic carbocycles. The van der Waals surface area contributed by atoms with Crippen molar-refractivity contribution in [2.24, 2.45) is 0 Å². The average molecular weight is 267 g/mol. The molecule has 0 spiro atoms. The molecule has 3 heterocycles. The maximum atomic E-state index is 8.98. The SMILES string of the molecule is COc1nc(N)nc2c1ncn2[C@H]1CO[C@@H](CO)O1. The largest absolute Gasteiger partial charge is 0.479 e. The lowest BCUT2D eigenvalue weighted by Gasteiger charge is -2.11. The molecular weight excluding hydrogens is 254 g/mol. The first-order valence-corrected chi connectivity index (χ1v) is 5.65. The predicted octanol–water partition coefficient (Wildman–Crippen LogP) is -0.719. The minimum atomic E-state index is -0.636. The van der Waals surface area contributed by atoms with Crippen molar-refractivity contribution < 1.29 is 19.3 Å². The van der Waals surface area contributed by atoms with Crippen molar-refractivity contribution in [1.29, 1.82) is 0 Å². The van der Waals surface area contributed by atoms with Gasteiger partial charge in [-0.1, -0.05) is 0 Å². The first kappa shape index (κ1) is 12.1. The average Bonchev–Trinajstić information content (AvgIpc) is 3.03. The Morgan fingerprint density at radius 1 is 1.58 bits per heavy atom. The fourth-order valence-corrected chi connectivity index (χ4v) is 1.94. The minimum absolute atomic E-state index is 0.0868. The smallest absolute Gasteiger partial charge is 0.246 e.